The summed E-state index contributed by atoms with van der Waals surface area (Å²) in [5, 5.41) is 1.16. The van der Waals surface area contributed by atoms with Crippen molar-refractivity contribution in [3.8, 4) is 5.69 Å². The van der Waals surface area contributed by atoms with E-state index in [1.165, 1.54) is 28.2 Å². The zero-order chi connectivity index (χ0) is 18.8. The van der Waals surface area contributed by atoms with Gasteiger partial charge in [0.2, 0.25) is 0 Å². The maximum atomic E-state index is 6.22. The Balaban J connectivity index is 2.06. The van der Waals surface area contributed by atoms with Crippen molar-refractivity contribution in [1.29, 1.82) is 0 Å². The SMILES string of the molecule is CCc1cccc(C)c1-n1c(C)cc(C=Nc2ccc(Cl)cc2Cl)c1C. The van der Waals surface area contributed by atoms with Crippen LogP contribution in [0.25, 0.3) is 5.69 Å². The average Bonchev–Trinajstić information content (AvgIpc) is 2.88. The van der Waals surface area contributed by atoms with Crippen LogP contribution in [0.5, 0.6) is 0 Å². The number of rotatable bonds is 4. The molecule has 4 heteroatoms. The van der Waals surface area contributed by atoms with E-state index in [4.69, 9.17) is 23.2 Å². The van der Waals surface area contributed by atoms with Crippen molar-refractivity contribution >= 4 is 35.1 Å². The molecule has 0 spiro atoms. The lowest BCUT2D eigenvalue weighted by Gasteiger charge is -2.17. The number of benzene rings is 2. The molecule has 0 saturated carbocycles. The minimum absolute atomic E-state index is 0.551. The monoisotopic (exact) mass is 384 g/mol. The molecule has 0 saturated heterocycles. The Kier molecular flexibility index (Phi) is 5.55. The summed E-state index contributed by atoms with van der Waals surface area (Å²) in [4.78, 5) is 4.56. The number of nitrogens with zero attached hydrogens (tertiary/aromatic N) is 2. The largest absolute Gasteiger partial charge is 0.317 e. The molecule has 26 heavy (non-hydrogen) atoms. The van der Waals surface area contributed by atoms with Gasteiger partial charge in [0.1, 0.15) is 0 Å². The summed E-state index contributed by atoms with van der Waals surface area (Å²) >= 11 is 12.2. The molecule has 3 rings (SSSR count). The highest BCUT2D eigenvalue weighted by Crippen LogP contribution is 2.29. The molecular weight excluding hydrogens is 363 g/mol. The van der Waals surface area contributed by atoms with Crippen LogP contribution in [0.3, 0.4) is 0 Å². The Hall–Kier alpha value is -2.03. The van der Waals surface area contributed by atoms with E-state index in [2.05, 4.69) is 61.5 Å². The second-order valence-corrected chi connectivity index (χ2v) is 7.30. The van der Waals surface area contributed by atoms with E-state index in [1.54, 1.807) is 12.1 Å². The fraction of sp³-hybridized carbons (Fsp3) is 0.227. The molecule has 0 N–H and O–H groups in total. The number of halogens is 2. The van der Waals surface area contributed by atoms with Crippen LogP contribution in [0.15, 0.2) is 47.5 Å². The number of aliphatic imine (C=N–C) groups is 1. The summed E-state index contributed by atoms with van der Waals surface area (Å²) in [7, 11) is 0. The van der Waals surface area contributed by atoms with Gasteiger partial charge in [-0.2, -0.15) is 0 Å². The summed E-state index contributed by atoms with van der Waals surface area (Å²) in [6.07, 6.45) is 2.87. The molecule has 0 unspecified atom stereocenters. The van der Waals surface area contributed by atoms with Crippen LogP contribution >= 0.6 is 23.2 Å². The van der Waals surface area contributed by atoms with E-state index in [1.807, 2.05) is 12.3 Å². The highest BCUT2D eigenvalue weighted by atomic mass is 35.5. The summed E-state index contributed by atoms with van der Waals surface area (Å²) in [5.41, 5.74) is 8.04. The van der Waals surface area contributed by atoms with E-state index in [9.17, 15) is 0 Å². The quantitative estimate of drug-likeness (QED) is 0.429. The number of aromatic nitrogens is 1. The van der Waals surface area contributed by atoms with Gasteiger partial charge in [0.15, 0.2) is 0 Å². The van der Waals surface area contributed by atoms with Crippen LogP contribution in [0, 0.1) is 20.8 Å². The van der Waals surface area contributed by atoms with Crippen molar-refractivity contribution < 1.29 is 0 Å². The number of hydrogen-bond acceptors (Lipinski definition) is 1. The second-order valence-electron chi connectivity index (χ2n) is 6.45. The number of hydrogen-bond donors (Lipinski definition) is 0. The maximum absolute atomic E-state index is 6.22. The van der Waals surface area contributed by atoms with Crippen molar-refractivity contribution in [2.75, 3.05) is 0 Å². The molecule has 0 aliphatic heterocycles. The Morgan fingerprint density at radius 3 is 2.50 bits per heavy atom. The van der Waals surface area contributed by atoms with Gasteiger partial charge in [0.25, 0.3) is 0 Å². The second kappa shape index (κ2) is 7.69. The first-order valence-electron chi connectivity index (χ1n) is 8.69. The number of aryl methyl sites for hydroxylation is 3. The standard InChI is InChI=1S/C22H22Cl2N2/c1-5-17-8-6-7-14(2)22(17)26-15(3)11-18(16(26)4)13-25-21-10-9-19(23)12-20(21)24/h6-13H,5H2,1-4H3. The van der Waals surface area contributed by atoms with E-state index in [0.717, 1.165) is 12.0 Å². The van der Waals surface area contributed by atoms with E-state index in [-0.39, 0.29) is 0 Å². The zero-order valence-electron chi connectivity index (χ0n) is 15.5. The Morgan fingerprint density at radius 2 is 1.81 bits per heavy atom. The minimum Gasteiger partial charge on any atom is -0.317 e. The van der Waals surface area contributed by atoms with Crippen molar-refractivity contribution in [1.82, 2.24) is 4.57 Å². The van der Waals surface area contributed by atoms with Gasteiger partial charge in [-0.25, -0.2) is 0 Å². The molecule has 0 amide bonds. The van der Waals surface area contributed by atoms with Crippen LogP contribution in [-0.2, 0) is 6.42 Å². The topological polar surface area (TPSA) is 17.3 Å². The molecule has 0 radical (unpaired) electrons. The first-order valence-corrected chi connectivity index (χ1v) is 9.45. The van der Waals surface area contributed by atoms with Gasteiger partial charge in [0, 0.05) is 28.2 Å². The molecule has 134 valence electrons. The molecule has 0 bridgehead atoms. The lowest BCUT2D eigenvalue weighted by atomic mass is 10.1. The molecule has 1 heterocycles. The molecular formula is C22H22Cl2N2. The van der Waals surface area contributed by atoms with Crippen LogP contribution in [-0.4, -0.2) is 10.8 Å². The summed E-state index contributed by atoms with van der Waals surface area (Å²) < 4.78 is 2.32. The summed E-state index contributed by atoms with van der Waals surface area (Å²) in [6, 6.07) is 14.0. The normalized spacial score (nSPS) is 11.5. The highest BCUT2D eigenvalue weighted by Gasteiger charge is 2.14. The van der Waals surface area contributed by atoms with Crippen LogP contribution in [0.4, 0.5) is 5.69 Å². The van der Waals surface area contributed by atoms with Gasteiger partial charge < -0.3 is 4.57 Å². The first-order chi connectivity index (χ1) is 12.4. The van der Waals surface area contributed by atoms with Crippen LogP contribution in [0.1, 0.15) is 35.0 Å². The van der Waals surface area contributed by atoms with Crippen molar-refractivity contribution in [3.05, 3.63) is 80.6 Å². The summed E-state index contributed by atoms with van der Waals surface area (Å²) in [6.45, 7) is 8.61. The smallest absolute Gasteiger partial charge is 0.0817 e. The molecule has 0 fully saturated rings. The van der Waals surface area contributed by atoms with Crippen molar-refractivity contribution in [2.24, 2.45) is 4.99 Å². The van der Waals surface area contributed by atoms with Crippen molar-refractivity contribution in [2.45, 2.75) is 34.1 Å². The van der Waals surface area contributed by atoms with E-state index in [0.29, 0.717) is 15.7 Å². The minimum atomic E-state index is 0.551. The van der Waals surface area contributed by atoms with Gasteiger partial charge in [0.05, 0.1) is 16.4 Å². The maximum Gasteiger partial charge on any atom is 0.0817 e. The van der Waals surface area contributed by atoms with Gasteiger partial charge >= 0.3 is 0 Å². The average molecular weight is 385 g/mol. The lowest BCUT2D eigenvalue weighted by Crippen LogP contribution is -2.05. The molecule has 1 aromatic heterocycles. The highest BCUT2D eigenvalue weighted by molar-refractivity contribution is 6.36. The lowest BCUT2D eigenvalue weighted by molar-refractivity contribution is 0.926. The van der Waals surface area contributed by atoms with Crippen molar-refractivity contribution in [3.63, 3.8) is 0 Å². The van der Waals surface area contributed by atoms with Crippen LogP contribution in [0.2, 0.25) is 10.0 Å². The summed E-state index contributed by atoms with van der Waals surface area (Å²) in [5.74, 6) is 0. The molecule has 3 aromatic rings. The van der Waals surface area contributed by atoms with E-state index >= 15 is 0 Å². The molecule has 2 nitrogen and oxygen atoms in total. The first kappa shape index (κ1) is 18.8. The fourth-order valence-electron chi connectivity index (χ4n) is 3.31. The molecule has 0 atom stereocenters. The van der Waals surface area contributed by atoms with Gasteiger partial charge in [-0.1, -0.05) is 48.3 Å². The third-order valence-electron chi connectivity index (χ3n) is 4.65. The molecule has 2 aromatic carbocycles. The van der Waals surface area contributed by atoms with Crippen LogP contribution < -0.4 is 0 Å². The van der Waals surface area contributed by atoms with Gasteiger partial charge in [-0.15, -0.1) is 0 Å². The molecule has 0 aliphatic carbocycles. The molecule has 0 aliphatic rings. The third-order valence-corrected chi connectivity index (χ3v) is 5.19. The Labute approximate surface area is 165 Å². The third kappa shape index (κ3) is 3.58. The zero-order valence-corrected chi connectivity index (χ0v) is 17.0. The number of para-hydroxylation sites is 1. The predicted molar refractivity (Wildman–Crippen MR) is 113 cm³/mol. The Morgan fingerprint density at radius 1 is 1.04 bits per heavy atom. The van der Waals surface area contributed by atoms with Gasteiger partial charge in [-0.3, -0.25) is 4.99 Å². The predicted octanol–water partition coefficient (Wildman–Crippen LogP) is 7.02. The fourth-order valence-corrected chi connectivity index (χ4v) is 3.77. The Bertz CT molecular complexity index is 984. The van der Waals surface area contributed by atoms with E-state index < -0.39 is 0 Å². The van der Waals surface area contributed by atoms with Gasteiger partial charge in [-0.05, 0) is 62.6 Å².